The van der Waals surface area contributed by atoms with E-state index in [-0.39, 0.29) is 6.61 Å². The van der Waals surface area contributed by atoms with Crippen LogP contribution in [0.3, 0.4) is 0 Å². The highest BCUT2D eigenvalue weighted by atomic mass is 16.5. The van der Waals surface area contributed by atoms with Crippen LogP contribution < -0.4 is 0 Å². The van der Waals surface area contributed by atoms with E-state index in [4.69, 9.17) is 9.84 Å². The minimum absolute atomic E-state index is 0.163. The second kappa shape index (κ2) is 3.05. The van der Waals surface area contributed by atoms with Crippen LogP contribution in [0.4, 0.5) is 0 Å². The molecule has 1 rings (SSSR count). The van der Waals surface area contributed by atoms with Gasteiger partial charge in [0.2, 0.25) is 0 Å². The van der Waals surface area contributed by atoms with Crippen molar-refractivity contribution in [1.82, 2.24) is 0 Å². The van der Waals surface area contributed by atoms with Gasteiger partial charge in [-0.15, -0.1) is 0 Å². The first-order valence-corrected chi connectivity index (χ1v) is 3.16. The SMILES string of the molecule is OCCOC1CCC1. The molecule has 1 saturated carbocycles. The lowest BCUT2D eigenvalue weighted by Crippen LogP contribution is -2.22. The largest absolute Gasteiger partial charge is 0.394 e. The summed E-state index contributed by atoms with van der Waals surface area (Å²) in [7, 11) is 0. The van der Waals surface area contributed by atoms with E-state index in [9.17, 15) is 0 Å². The van der Waals surface area contributed by atoms with E-state index in [0.717, 1.165) is 0 Å². The van der Waals surface area contributed by atoms with Gasteiger partial charge >= 0.3 is 0 Å². The van der Waals surface area contributed by atoms with E-state index >= 15 is 0 Å². The van der Waals surface area contributed by atoms with E-state index in [1.54, 1.807) is 0 Å². The Morgan fingerprint density at radius 1 is 1.50 bits per heavy atom. The molecule has 0 heterocycles. The molecule has 1 aliphatic rings. The van der Waals surface area contributed by atoms with Gasteiger partial charge in [0, 0.05) is 0 Å². The highest BCUT2D eigenvalue weighted by Crippen LogP contribution is 2.21. The monoisotopic (exact) mass is 116 g/mol. The van der Waals surface area contributed by atoms with Crippen LogP contribution in [0.25, 0.3) is 0 Å². The smallest absolute Gasteiger partial charge is 0.0701 e. The summed E-state index contributed by atoms with van der Waals surface area (Å²) in [5.74, 6) is 0. The van der Waals surface area contributed by atoms with Gasteiger partial charge in [0.15, 0.2) is 0 Å². The van der Waals surface area contributed by atoms with Gasteiger partial charge < -0.3 is 9.84 Å². The summed E-state index contributed by atoms with van der Waals surface area (Å²) in [6.07, 6.45) is 4.16. The van der Waals surface area contributed by atoms with Crippen LogP contribution in [0.2, 0.25) is 0 Å². The quantitative estimate of drug-likeness (QED) is 0.583. The van der Waals surface area contributed by atoms with Crippen molar-refractivity contribution in [3.05, 3.63) is 0 Å². The second-order valence-electron chi connectivity index (χ2n) is 2.15. The number of ether oxygens (including phenoxy) is 1. The third-order valence-electron chi connectivity index (χ3n) is 1.50. The van der Waals surface area contributed by atoms with Gasteiger partial charge in [-0.2, -0.15) is 0 Å². The van der Waals surface area contributed by atoms with Gasteiger partial charge in [-0.3, -0.25) is 0 Å². The Morgan fingerprint density at radius 2 is 2.25 bits per heavy atom. The summed E-state index contributed by atoms with van der Waals surface area (Å²) in [5, 5.41) is 8.31. The Labute approximate surface area is 49.5 Å². The topological polar surface area (TPSA) is 29.5 Å². The first-order chi connectivity index (χ1) is 3.93. The van der Waals surface area contributed by atoms with Crippen LogP contribution in [0.5, 0.6) is 0 Å². The van der Waals surface area contributed by atoms with E-state index in [1.165, 1.54) is 19.3 Å². The maximum Gasteiger partial charge on any atom is 0.0701 e. The number of hydrogen-bond acceptors (Lipinski definition) is 2. The van der Waals surface area contributed by atoms with Crippen LogP contribution in [0.1, 0.15) is 19.3 Å². The highest BCUT2D eigenvalue weighted by Gasteiger charge is 2.16. The average molecular weight is 116 g/mol. The molecule has 1 fully saturated rings. The predicted molar refractivity (Wildman–Crippen MR) is 30.7 cm³/mol. The molecule has 0 spiro atoms. The summed E-state index contributed by atoms with van der Waals surface area (Å²) >= 11 is 0. The van der Waals surface area contributed by atoms with Crippen LogP contribution >= 0.6 is 0 Å². The molecule has 0 aromatic rings. The molecule has 8 heavy (non-hydrogen) atoms. The van der Waals surface area contributed by atoms with Crippen molar-refractivity contribution in [2.75, 3.05) is 13.2 Å². The van der Waals surface area contributed by atoms with Crippen LogP contribution in [0, 0.1) is 0 Å². The Kier molecular flexibility index (Phi) is 2.30. The average Bonchev–Trinajstić information content (AvgIpc) is 1.63. The fourth-order valence-electron chi connectivity index (χ4n) is 0.757. The molecule has 1 aliphatic carbocycles. The predicted octanol–water partition coefficient (Wildman–Crippen LogP) is 0.548. The van der Waals surface area contributed by atoms with Gasteiger partial charge in [-0.25, -0.2) is 0 Å². The minimum atomic E-state index is 0.163. The zero-order chi connectivity index (χ0) is 5.82. The summed E-state index contributed by atoms with van der Waals surface area (Å²) in [4.78, 5) is 0. The fourth-order valence-corrected chi connectivity index (χ4v) is 0.757. The van der Waals surface area contributed by atoms with Crippen LogP contribution in [-0.2, 0) is 4.74 Å². The van der Waals surface area contributed by atoms with Crippen LogP contribution in [-0.4, -0.2) is 24.4 Å². The molecule has 0 unspecified atom stereocenters. The zero-order valence-corrected chi connectivity index (χ0v) is 4.97. The summed E-state index contributed by atoms with van der Waals surface area (Å²) < 4.78 is 5.18. The Balaban J connectivity index is 1.86. The molecule has 0 saturated heterocycles. The third-order valence-corrected chi connectivity index (χ3v) is 1.50. The van der Waals surface area contributed by atoms with E-state index in [1.807, 2.05) is 0 Å². The van der Waals surface area contributed by atoms with Crippen molar-refractivity contribution in [2.45, 2.75) is 25.4 Å². The maximum atomic E-state index is 8.31. The van der Waals surface area contributed by atoms with E-state index in [2.05, 4.69) is 0 Å². The van der Waals surface area contributed by atoms with Crippen molar-refractivity contribution in [3.8, 4) is 0 Å². The van der Waals surface area contributed by atoms with Gasteiger partial charge in [-0.05, 0) is 19.3 Å². The van der Waals surface area contributed by atoms with Crippen molar-refractivity contribution in [2.24, 2.45) is 0 Å². The summed E-state index contributed by atoms with van der Waals surface area (Å²) in [6, 6.07) is 0. The molecule has 0 radical (unpaired) electrons. The molecular weight excluding hydrogens is 104 g/mol. The lowest BCUT2D eigenvalue weighted by atomic mass is 9.96. The molecule has 48 valence electrons. The first-order valence-electron chi connectivity index (χ1n) is 3.16. The molecule has 0 aromatic carbocycles. The van der Waals surface area contributed by atoms with E-state index < -0.39 is 0 Å². The molecule has 1 N–H and O–H groups in total. The van der Waals surface area contributed by atoms with E-state index in [0.29, 0.717) is 12.7 Å². The Hall–Kier alpha value is -0.0800. The number of aliphatic hydroxyl groups is 1. The Morgan fingerprint density at radius 3 is 2.62 bits per heavy atom. The number of rotatable bonds is 3. The molecule has 0 atom stereocenters. The van der Waals surface area contributed by atoms with Crippen molar-refractivity contribution in [3.63, 3.8) is 0 Å². The van der Waals surface area contributed by atoms with Gasteiger partial charge in [0.25, 0.3) is 0 Å². The van der Waals surface area contributed by atoms with Gasteiger partial charge in [0.1, 0.15) is 0 Å². The van der Waals surface area contributed by atoms with Crippen LogP contribution in [0.15, 0.2) is 0 Å². The summed E-state index contributed by atoms with van der Waals surface area (Å²) in [5.41, 5.74) is 0. The standard InChI is InChI=1S/C6H12O2/c7-4-5-8-6-2-1-3-6/h6-7H,1-5H2. The summed E-state index contributed by atoms with van der Waals surface area (Å²) in [6.45, 7) is 0.682. The molecule has 2 heteroatoms. The number of hydrogen-bond donors (Lipinski definition) is 1. The zero-order valence-electron chi connectivity index (χ0n) is 4.97. The highest BCUT2D eigenvalue weighted by molar-refractivity contribution is 4.68. The van der Waals surface area contributed by atoms with Crippen molar-refractivity contribution >= 4 is 0 Å². The normalized spacial score (nSPS) is 20.6. The fraction of sp³-hybridized carbons (Fsp3) is 1.00. The first kappa shape index (κ1) is 6.05. The van der Waals surface area contributed by atoms with Gasteiger partial charge in [0.05, 0.1) is 19.3 Å². The molecule has 0 aliphatic heterocycles. The lowest BCUT2D eigenvalue weighted by molar-refractivity contribution is -0.0138. The molecule has 0 amide bonds. The molecule has 0 bridgehead atoms. The van der Waals surface area contributed by atoms with Crippen molar-refractivity contribution in [1.29, 1.82) is 0 Å². The minimum Gasteiger partial charge on any atom is -0.394 e. The van der Waals surface area contributed by atoms with Crippen molar-refractivity contribution < 1.29 is 9.84 Å². The molecule has 0 aromatic heterocycles. The second-order valence-corrected chi connectivity index (χ2v) is 2.15. The van der Waals surface area contributed by atoms with Gasteiger partial charge in [-0.1, -0.05) is 0 Å². The lowest BCUT2D eigenvalue weighted by Gasteiger charge is -2.24. The third kappa shape index (κ3) is 1.46. The molecular formula is C6H12O2. The number of aliphatic hydroxyl groups excluding tert-OH is 1. The molecule has 2 nitrogen and oxygen atoms in total. The Bertz CT molecular complexity index is 59.5. The maximum absolute atomic E-state index is 8.31.